The van der Waals surface area contributed by atoms with Gasteiger partial charge in [-0.15, -0.1) is 11.8 Å². The predicted octanol–water partition coefficient (Wildman–Crippen LogP) is 4.61. The fourth-order valence-corrected chi connectivity index (χ4v) is 3.29. The highest BCUT2D eigenvalue weighted by Gasteiger charge is 2.12. The van der Waals surface area contributed by atoms with Gasteiger partial charge in [-0.25, -0.2) is 0 Å². The summed E-state index contributed by atoms with van der Waals surface area (Å²) in [6.07, 6.45) is 2.02. The zero-order valence-corrected chi connectivity index (χ0v) is 15.0. The van der Waals surface area contributed by atoms with E-state index in [4.69, 9.17) is 14.2 Å². The van der Waals surface area contributed by atoms with Crippen LogP contribution in [0.3, 0.4) is 0 Å². The predicted molar refractivity (Wildman–Crippen MR) is 96.3 cm³/mol. The molecular formula is C19H24O3S. The van der Waals surface area contributed by atoms with Crippen LogP contribution in [0.5, 0.6) is 17.2 Å². The van der Waals surface area contributed by atoms with Crippen molar-refractivity contribution in [2.75, 3.05) is 27.1 Å². The van der Waals surface area contributed by atoms with Gasteiger partial charge in [-0.1, -0.05) is 19.1 Å². The van der Waals surface area contributed by atoms with Crippen LogP contribution in [0.2, 0.25) is 0 Å². The Bertz CT molecular complexity index is 598. The average Bonchev–Trinajstić information content (AvgIpc) is 2.61. The van der Waals surface area contributed by atoms with E-state index in [0.29, 0.717) is 17.2 Å². The third kappa shape index (κ3) is 4.58. The van der Waals surface area contributed by atoms with Crippen LogP contribution in [0, 0.1) is 0 Å². The summed E-state index contributed by atoms with van der Waals surface area (Å²) >= 11 is 1.86. The second kappa shape index (κ2) is 8.73. The molecule has 0 radical (unpaired) electrons. The van der Waals surface area contributed by atoms with Crippen LogP contribution >= 0.6 is 11.8 Å². The van der Waals surface area contributed by atoms with Gasteiger partial charge in [0.1, 0.15) is 0 Å². The van der Waals surface area contributed by atoms with Crippen molar-refractivity contribution in [3.63, 3.8) is 0 Å². The summed E-state index contributed by atoms with van der Waals surface area (Å²) in [5, 5.41) is 0. The Morgan fingerprint density at radius 3 is 1.91 bits per heavy atom. The highest BCUT2D eigenvalue weighted by atomic mass is 32.2. The number of methoxy groups -OCH3 is 3. The molecule has 0 N–H and O–H groups in total. The van der Waals surface area contributed by atoms with E-state index in [9.17, 15) is 0 Å². The monoisotopic (exact) mass is 332 g/mol. The van der Waals surface area contributed by atoms with E-state index in [0.717, 1.165) is 18.6 Å². The van der Waals surface area contributed by atoms with Crippen LogP contribution in [0.15, 0.2) is 41.3 Å². The molecule has 23 heavy (non-hydrogen) atoms. The van der Waals surface area contributed by atoms with Gasteiger partial charge in [0.2, 0.25) is 5.75 Å². The van der Waals surface area contributed by atoms with Gasteiger partial charge in [0.05, 0.1) is 21.3 Å². The molecule has 0 saturated heterocycles. The van der Waals surface area contributed by atoms with Crippen molar-refractivity contribution in [2.45, 2.75) is 24.7 Å². The van der Waals surface area contributed by atoms with E-state index in [2.05, 4.69) is 31.2 Å². The van der Waals surface area contributed by atoms with Crippen molar-refractivity contribution in [1.82, 2.24) is 0 Å². The molecule has 0 aliphatic rings. The maximum atomic E-state index is 5.40. The second-order valence-electron chi connectivity index (χ2n) is 5.13. The molecule has 0 saturated carbocycles. The summed E-state index contributed by atoms with van der Waals surface area (Å²) in [4.78, 5) is 1.30. The minimum absolute atomic E-state index is 0.640. The average molecular weight is 332 g/mol. The van der Waals surface area contributed by atoms with Crippen molar-refractivity contribution in [3.8, 4) is 17.2 Å². The lowest BCUT2D eigenvalue weighted by Gasteiger charge is -2.14. The summed E-state index contributed by atoms with van der Waals surface area (Å²) in [6.45, 7) is 2.17. The molecule has 4 heteroatoms. The Morgan fingerprint density at radius 2 is 1.43 bits per heavy atom. The fraction of sp³-hybridized carbons (Fsp3) is 0.368. The van der Waals surface area contributed by atoms with Gasteiger partial charge in [-0.2, -0.15) is 0 Å². The van der Waals surface area contributed by atoms with Crippen LogP contribution < -0.4 is 14.2 Å². The van der Waals surface area contributed by atoms with Gasteiger partial charge in [0, 0.05) is 10.6 Å². The number of aryl methyl sites for hydroxylation is 2. The van der Waals surface area contributed by atoms with E-state index in [1.54, 1.807) is 21.3 Å². The maximum Gasteiger partial charge on any atom is 0.203 e. The number of thioether (sulfide) groups is 1. The first-order valence-corrected chi connectivity index (χ1v) is 8.71. The molecule has 0 aliphatic heterocycles. The number of benzene rings is 2. The molecule has 0 bridgehead atoms. The standard InChI is InChI=1S/C19H24O3S/c1-5-14-6-8-16(9-7-14)23-11-10-15-12-17(20-2)19(22-4)18(13-15)21-3/h6-9,12-13H,5,10-11H2,1-4H3. The first-order chi connectivity index (χ1) is 11.2. The topological polar surface area (TPSA) is 27.7 Å². The Balaban J connectivity index is 2.02. The van der Waals surface area contributed by atoms with Crippen molar-refractivity contribution >= 4 is 11.8 Å². The van der Waals surface area contributed by atoms with Crippen molar-refractivity contribution in [3.05, 3.63) is 47.5 Å². The SMILES string of the molecule is CCc1ccc(SCCc2cc(OC)c(OC)c(OC)c2)cc1. The third-order valence-corrected chi connectivity index (χ3v) is 4.73. The highest BCUT2D eigenvalue weighted by molar-refractivity contribution is 7.99. The molecule has 2 aromatic rings. The summed E-state index contributed by atoms with van der Waals surface area (Å²) in [6, 6.07) is 12.8. The van der Waals surface area contributed by atoms with Gasteiger partial charge in [0.25, 0.3) is 0 Å². The third-order valence-electron chi connectivity index (χ3n) is 3.72. The van der Waals surface area contributed by atoms with Crippen LogP contribution in [0.25, 0.3) is 0 Å². The molecular weight excluding hydrogens is 308 g/mol. The Labute approximate surface area is 143 Å². The highest BCUT2D eigenvalue weighted by Crippen LogP contribution is 2.38. The fourth-order valence-electron chi connectivity index (χ4n) is 2.39. The second-order valence-corrected chi connectivity index (χ2v) is 6.30. The summed E-state index contributed by atoms with van der Waals surface area (Å²) in [5.74, 6) is 3.06. The molecule has 0 heterocycles. The largest absolute Gasteiger partial charge is 0.493 e. The number of ether oxygens (including phenoxy) is 3. The van der Waals surface area contributed by atoms with Gasteiger partial charge < -0.3 is 14.2 Å². The molecule has 3 nitrogen and oxygen atoms in total. The maximum absolute atomic E-state index is 5.40. The van der Waals surface area contributed by atoms with Crippen LogP contribution in [0.1, 0.15) is 18.1 Å². The van der Waals surface area contributed by atoms with Crippen molar-refractivity contribution in [2.24, 2.45) is 0 Å². The minimum Gasteiger partial charge on any atom is -0.493 e. The number of hydrogen-bond donors (Lipinski definition) is 0. The van der Waals surface area contributed by atoms with E-state index in [-0.39, 0.29) is 0 Å². The molecule has 124 valence electrons. The Hall–Kier alpha value is -1.81. The summed E-state index contributed by atoms with van der Waals surface area (Å²) < 4.78 is 16.1. The van der Waals surface area contributed by atoms with Crippen LogP contribution in [-0.2, 0) is 12.8 Å². The lowest BCUT2D eigenvalue weighted by atomic mass is 10.1. The normalized spacial score (nSPS) is 10.4. The van der Waals surface area contributed by atoms with E-state index in [1.165, 1.54) is 16.0 Å². The smallest absolute Gasteiger partial charge is 0.203 e. The molecule has 0 aromatic heterocycles. The summed E-state index contributed by atoms with van der Waals surface area (Å²) in [7, 11) is 4.91. The molecule has 0 fully saturated rings. The number of hydrogen-bond acceptors (Lipinski definition) is 4. The minimum atomic E-state index is 0.640. The van der Waals surface area contributed by atoms with Gasteiger partial charge >= 0.3 is 0 Å². The number of rotatable bonds is 8. The lowest BCUT2D eigenvalue weighted by Crippen LogP contribution is -1.98. The first-order valence-electron chi connectivity index (χ1n) is 7.72. The van der Waals surface area contributed by atoms with Crippen LogP contribution in [-0.4, -0.2) is 27.1 Å². The molecule has 0 unspecified atom stereocenters. The summed E-state index contributed by atoms with van der Waals surface area (Å²) in [5.41, 5.74) is 2.55. The van der Waals surface area contributed by atoms with Crippen molar-refractivity contribution < 1.29 is 14.2 Å². The van der Waals surface area contributed by atoms with Gasteiger partial charge in [0.15, 0.2) is 11.5 Å². The molecule has 2 aromatic carbocycles. The zero-order chi connectivity index (χ0) is 16.7. The molecule has 0 aliphatic carbocycles. The van der Waals surface area contributed by atoms with Gasteiger partial charge in [-0.05, 0) is 48.2 Å². The molecule has 0 amide bonds. The first kappa shape index (κ1) is 17.5. The zero-order valence-electron chi connectivity index (χ0n) is 14.2. The Morgan fingerprint density at radius 1 is 0.826 bits per heavy atom. The van der Waals surface area contributed by atoms with E-state index >= 15 is 0 Å². The quantitative estimate of drug-likeness (QED) is 0.660. The van der Waals surface area contributed by atoms with Crippen LogP contribution in [0.4, 0.5) is 0 Å². The van der Waals surface area contributed by atoms with E-state index in [1.807, 2.05) is 23.9 Å². The molecule has 0 spiro atoms. The Kier molecular flexibility index (Phi) is 6.66. The molecule has 2 rings (SSSR count). The lowest BCUT2D eigenvalue weighted by molar-refractivity contribution is 0.324. The molecule has 0 atom stereocenters. The van der Waals surface area contributed by atoms with Gasteiger partial charge in [-0.3, -0.25) is 0 Å². The van der Waals surface area contributed by atoms with Crippen molar-refractivity contribution in [1.29, 1.82) is 0 Å². The van der Waals surface area contributed by atoms with E-state index < -0.39 is 0 Å².